The molecule has 112 valence electrons. The zero-order chi connectivity index (χ0) is 15.7. The molecule has 0 saturated carbocycles. The summed E-state index contributed by atoms with van der Waals surface area (Å²) < 4.78 is 43.7. The van der Waals surface area contributed by atoms with Gasteiger partial charge < -0.3 is 4.74 Å². The lowest BCUT2D eigenvalue weighted by Gasteiger charge is -2.08. The molecule has 0 unspecified atom stereocenters. The van der Waals surface area contributed by atoms with Crippen LogP contribution >= 0.6 is 11.3 Å². The van der Waals surface area contributed by atoms with Crippen molar-refractivity contribution in [2.45, 2.75) is 6.18 Å². The van der Waals surface area contributed by atoms with Crippen molar-refractivity contribution in [3.8, 4) is 11.5 Å². The Hall–Kier alpha value is -2.41. The number of aldehydes is 1. The van der Waals surface area contributed by atoms with Crippen molar-refractivity contribution in [3.63, 3.8) is 0 Å². The molecule has 0 amide bonds. The fraction of sp³-hybridized carbons (Fsp3) is 0.0667. The van der Waals surface area contributed by atoms with E-state index in [1.807, 2.05) is 0 Å². The van der Waals surface area contributed by atoms with Crippen LogP contribution in [0.15, 0.2) is 42.5 Å². The highest BCUT2D eigenvalue weighted by Crippen LogP contribution is 2.32. The third kappa shape index (κ3) is 2.94. The molecule has 0 spiro atoms. The molecule has 0 bridgehead atoms. The number of hydrogen-bond donors (Lipinski definition) is 0. The Labute approximate surface area is 127 Å². The Morgan fingerprint density at radius 3 is 2.36 bits per heavy atom. The predicted molar refractivity (Wildman–Crippen MR) is 76.5 cm³/mol. The Bertz CT molecular complexity index is 825. The second-order valence-electron chi connectivity index (χ2n) is 4.42. The van der Waals surface area contributed by atoms with Gasteiger partial charge in [0.25, 0.3) is 0 Å². The van der Waals surface area contributed by atoms with Crippen molar-refractivity contribution < 1.29 is 22.7 Å². The smallest absolute Gasteiger partial charge is 0.416 e. The predicted octanol–water partition coefficient (Wildman–Crippen LogP) is 4.92. The van der Waals surface area contributed by atoms with E-state index in [1.165, 1.54) is 23.5 Å². The first kappa shape index (κ1) is 14.5. The van der Waals surface area contributed by atoms with Crippen molar-refractivity contribution in [1.29, 1.82) is 0 Å². The number of alkyl halides is 3. The Morgan fingerprint density at radius 1 is 1.05 bits per heavy atom. The van der Waals surface area contributed by atoms with Crippen LogP contribution in [0, 0.1) is 0 Å². The van der Waals surface area contributed by atoms with Gasteiger partial charge in [0.2, 0.25) is 0 Å². The van der Waals surface area contributed by atoms with E-state index in [0.717, 1.165) is 16.8 Å². The fourth-order valence-electron chi connectivity index (χ4n) is 1.88. The molecule has 0 aliphatic rings. The molecular weight excluding hydrogens is 315 g/mol. The van der Waals surface area contributed by atoms with E-state index in [-0.39, 0.29) is 0 Å². The molecule has 2 aromatic carbocycles. The van der Waals surface area contributed by atoms with E-state index >= 15 is 0 Å². The lowest BCUT2D eigenvalue weighted by Crippen LogP contribution is -2.03. The van der Waals surface area contributed by atoms with E-state index in [1.54, 1.807) is 18.2 Å². The fourth-order valence-corrected chi connectivity index (χ4v) is 2.70. The number of fused-ring (bicyclic) bond motifs is 1. The van der Waals surface area contributed by atoms with Crippen LogP contribution in [-0.2, 0) is 6.18 Å². The van der Waals surface area contributed by atoms with Crippen molar-refractivity contribution in [2.24, 2.45) is 0 Å². The molecule has 0 atom stereocenters. The molecule has 1 aromatic heterocycles. The number of nitrogens with zero attached hydrogens (tertiary/aromatic N) is 1. The molecule has 3 aromatic rings. The highest BCUT2D eigenvalue weighted by molar-refractivity contribution is 7.20. The largest absolute Gasteiger partial charge is 0.457 e. The van der Waals surface area contributed by atoms with Gasteiger partial charge in [-0.2, -0.15) is 13.2 Å². The van der Waals surface area contributed by atoms with E-state index in [4.69, 9.17) is 4.74 Å². The summed E-state index contributed by atoms with van der Waals surface area (Å²) in [5, 5.41) is 0.363. The van der Waals surface area contributed by atoms with E-state index in [0.29, 0.717) is 28.3 Å². The maximum absolute atomic E-state index is 12.5. The standard InChI is InChI=1S/C15H8F3NO2S/c16-15(17,18)9-1-3-10(4-2-9)21-11-5-6-12-13(7-11)22-14(8-20)19-12/h1-8H. The molecule has 3 rings (SSSR count). The number of rotatable bonds is 3. The summed E-state index contributed by atoms with van der Waals surface area (Å²) in [6, 6.07) is 9.48. The van der Waals surface area contributed by atoms with Crippen molar-refractivity contribution in [3.05, 3.63) is 53.0 Å². The van der Waals surface area contributed by atoms with Gasteiger partial charge in [0, 0.05) is 6.07 Å². The molecule has 0 fully saturated rings. The van der Waals surface area contributed by atoms with Crippen LogP contribution < -0.4 is 4.74 Å². The van der Waals surface area contributed by atoms with Gasteiger partial charge >= 0.3 is 6.18 Å². The number of aromatic nitrogens is 1. The molecule has 3 nitrogen and oxygen atoms in total. The summed E-state index contributed by atoms with van der Waals surface area (Å²) in [6.45, 7) is 0. The molecule has 0 aliphatic heterocycles. The maximum Gasteiger partial charge on any atom is 0.416 e. The molecule has 0 N–H and O–H groups in total. The quantitative estimate of drug-likeness (QED) is 0.642. The molecule has 1 heterocycles. The number of carbonyl (C=O) groups is 1. The van der Waals surface area contributed by atoms with Crippen LogP contribution in [0.1, 0.15) is 15.4 Å². The van der Waals surface area contributed by atoms with Crippen molar-refractivity contribution in [2.75, 3.05) is 0 Å². The summed E-state index contributed by atoms with van der Waals surface area (Å²) in [6.07, 6.45) is -3.70. The van der Waals surface area contributed by atoms with Gasteiger partial charge in [-0.15, -0.1) is 11.3 Å². The average molecular weight is 323 g/mol. The van der Waals surface area contributed by atoms with Crippen LogP contribution in [0.25, 0.3) is 10.2 Å². The van der Waals surface area contributed by atoms with E-state index < -0.39 is 11.7 Å². The first-order valence-electron chi connectivity index (χ1n) is 6.16. The van der Waals surface area contributed by atoms with Gasteiger partial charge in [-0.1, -0.05) is 0 Å². The lowest BCUT2D eigenvalue weighted by atomic mass is 10.2. The van der Waals surface area contributed by atoms with Crippen molar-refractivity contribution in [1.82, 2.24) is 4.98 Å². The summed E-state index contributed by atoms with van der Waals surface area (Å²) >= 11 is 1.22. The summed E-state index contributed by atoms with van der Waals surface area (Å²) in [5.74, 6) is 0.765. The zero-order valence-corrected chi connectivity index (χ0v) is 11.7. The minimum atomic E-state index is -4.37. The van der Waals surface area contributed by atoms with Gasteiger partial charge in [0.05, 0.1) is 15.8 Å². The number of benzene rings is 2. The Morgan fingerprint density at radius 2 is 1.73 bits per heavy atom. The van der Waals surface area contributed by atoms with Crippen LogP contribution in [0.3, 0.4) is 0 Å². The van der Waals surface area contributed by atoms with Crippen LogP contribution in [-0.4, -0.2) is 11.3 Å². The highest BCUT2D eigenvalue weighted by Gasteiger charge is 2.30. The first-order valence-corrected chi connectivity index (χ1v) is 6.98. The SMILES string of the molecule is O=Cc1nc2ccc(Oc3ccc(C(F)(F)F)cc3)cc2s1. The molecule has 0 radical (unpaired) electrons. The number of ether oxygens (including phenoxy) is 1. The summed E-state index contributed by atoms with van der Waals surface area (Å²) in [5.41, 5.74) is -0.0553. The topological polar surface area (TPSA) is 39.2 Å². The minimum Gasteiger partial charge on any atom is -0.457 e. The van der Waals surface area contributed by atoms with E-state index in [2.05, 4.69) is 4.98 Å². The van der Waals surface area contributed by atoms with Crippen LogP contribution in [0.2, 0.25) is 0 Å². The molecule has 22 heavy (non-hydrogen) atoms. The van der Waals surface area contributed by atoms with Gasteiger partial charge in [0.15, 0.2) is 11.3 Å². The zero-order valence-electron chi connectivity index (χ0n) is 10.9. The number of hydrogen-bond acceptors (Lipinski definition) is 4. The average Bonchev–Trinajstić information content (AvgIpc) is 2.89. The molecule has 0 saturated heterocycles. The Balaban J connectivity index is 1.84. The van der Waals surface area contributed by atoms with E-state index in [9.17, 15) is 18.0 Å². The summed E-state index contributed by atoms with van der Waals surface area (Å²) in [4.78, 5) is 14.8. The van der Waals surface area contributed by atoms with Gasteiger partial charge in [-0.25, -0.2) is 4.98 Å². The van der Waals surface area contributed by atoms with Gasteiger partial charge in [-0.3, -0.25) is 4.79 Å². The molecule has 0 aliphatic carbocycles. The second kappa shape index (κ2) is 5.42. The third-order valence-corrected chi connectivity index (χ3v) is 3.84. The van der Waals surface area contributed by atoms with Crippen molar-refractivity contribution >= 4 is 27.8 Å². The molecule has 7 heteroatoms. The first-order chi connectivity index (χ1) is 10.5. The third-order valence-electron chi connectivity index (χ3n) is 2.89. The van der Waals surface area contributed by atoms with Crippen LogP contribution in [0.5, 0.6) is 11.5 Å². The number of carbonyl (C=O) groups excluding carboxylic acids is 1. The minimum absolute atomic E-state index is 0.299. The maximum atomic E-state index is 12.5. The number of halogens is 3. The highest BCUT2D eigenvalue weighted by atomic mass is 32.1. The van der Waals surface area contributed by atoms with Gasteiger partial charge in [0.1, 0.15) is 11.5 Å². The summed E-state index contributed by atoms with van der Waals surface area (Å²) in [7, 11) is 0. The number of thiazole rings is 1. The Kier molecular flexibility index (Phi) is 3.58. The van der Waals surface area contributed by atoms with Crippen LogP contribution in [0.4, 0.5) is 13.2 Å². The lowest BCUT2D eigenvalue weighted by molar-refractivity contribution is -0.137. The monoisotopic (exact) mass is 323 g/mol. The second-order valence-corrected chi connectivity index (χ2v) is 5.49. The molecular formula is C15H8F3NO2S. The van der Waals surface area contributed by atoms with Gasteiger partial charge in [-0.05, 0) is 36.4 Å². The normalized spacial score (nSPS) is 11.6.